The molecule has 4 heteroatoms. The standard InChI is InChI=1S/C11H17NOS2/c14-13-6-3-9-4-7-15-11(9)8-10-2-1-5-12-10/h4,7,10,12,14H,1-3,5-6,8H2/t10-/m0/s1. The van der Waals surface area contributed by atoms with Crippen molar-refractivity contribution in [2.24, 2.45) is 0 Å². The summed E-state index contributed by atoms with van der Waals surface area (Å²) in [6.07, 6.45) is 4.81. The molecular formula is C11H17NOS2. The third-order valence-electron chi connectivity index (χ3n) is 2.89. The third kappa shape index (κ3) is 3.21. The number of thiophene rings is 1. The molecule has 84 valence electrons. The van der Waals surface area contributed by atoms with E-state index in [-0.39, 0.29) is 0 Å². The Hall–Kier alpha value is -0.0300. The van der Waals surface area contributed by atoms with Gasteiger partial charge in [0, 0.05) is 10.9 Å². The Bertz CT molecular complexity index is 295. The first kappa shape index (κ1) is 11.5. The van der Waals surface area contributed by atoms with Crippen LogP contribution in [0.25, 0.3) is 0 Å². The van der Waals surface area contributed by atoms with Gasteiger partial charge in [-0.3, -0.25) is 0 Å². The van der Waals surface area contributed by atoms with Crippen LogP contribution in [0.5, 0.6) is 0 Å². The first-order valence-electron chi connectivity index (χ1n) is 5.45. The highest BCUT2D eigenvalue weighted by Gasteiger charge is 2.16. The van der Waals surface area contributed by atoms with E-state index in [9.17, 15) is 0 Å². The minimum Gasteiger partial charge on any atom is -0.318 e. The lowest BCUT2D eigenvalue weighted by Gasteiger charge is -2.10. The maximum atomic E-state index is 4.82. The van der Waals surface area contributed by atoms with Gasteiger partial charge in [0.15, 0.2) is 0 Å². The summed E-state index contributed by atoms with van der Waals surface area (Å²) >= 11 is 5.64. The molecule has 1 aromatic rings. The fraction of sp³-hybridized carbons (Fsp3) is 0.636. The highest BCUT2D eigenvalue weighted by Crippen LogP contribution is 2.22. The van der Waals surface area contributed by atoms with Gasteiger partial charge in [-0.05, 0) is 62.1 Å². The van der Waals surface area contributed by atoms with E-state index in [1.165, 1.54) is 36.2 Å². The van der Waals surface area contributed by atoms with Gasteiger partial charge in [-0.2, -0.15) is 0 Å². The van der Waals surface area contributed by atoms with Crippen LogP contribution in [0.2, 0.25) is 0 Å². The van der Waals surface area contributed by atoms with Crippen LogP contribution in [0.1, 0.15) is 23.3 Å². The van der Waals surface area contributed by atoms with Gasteiger partial charge in [0.1, 0.15) is 0 Å². The van der Waals surface area contributed by atoms with E-state index in [1.54, 1.807) is 0 Å². The van der Waals surface area contributed by atoms with Crippen LogP contribution in [-0.2, 0) is 17.0 Å². The Morgan fingerprint density at radius 2 is 2.53 bits per heavy atom. The summed E-state index contributed by atoms with van der Waals surface area (Å²) in [7, 11) is 0. The van der Waals surface area contributed by atoms with Gasteiger partial charge < -0.3 is 9.50 Å². The van der Waals surface area contributed by atoms with E-state index >= 15 is 0 Å². The molecule has 0 aromatic carbocycles. The average Bonchev–Trinajstić information content (AvgIpc) is 2.87. The molecule has 15 heavy (non-hydrogen) atoms. The van der Waals surface area contributed by atoms with Gasteiger partial charge in [0.25, 0.3) is 0 Å². The minimum atomic E-state index is 0.694. The van der Waals surface area contributed by atoms with Gasteiger partial charge in [0.05, 0.1) is 6.61 Å². The van der Waals surface area contributed by atoms with E-state index in [1.807, 2.05) is 11.3 Å². The normalized spacial score (nSPS) is 21.0. The molecule has 1 fully saturated rings. The van der Waals surface area contributed by atoms with Crippen molar-refractivity contribution in [3.63, 3.8) is 0 Å². The molecule has 1 saturated heterocycles. The Kier molecular flexibility index (Phi) is 4.50. The van der Waals surface area contributed by atoms with Crippen molar-refractivity contribution in [2.75, 3.05) is 13.2 Å². The summed E-state index contributed by atoms with van der Waals surface area (Å²) in [4.78, 5) is 1.51. The summed E-state index contributed by atoms with van der Waals surface area (Å²) < 4.78 is 4.82. The fourth-order valence-corrected chi connectivity index (χ4v) is 3.19. The minimum absolute atomic E-state index is 0.694. The lowest BCUT2D eigenvalue weighted by atomic mass is 10.1. The lowest BCUT2D eigenvalue weighted by molar-refractivity contribution is 0.386. The van der Waals surface area contributed by atoms with E-state index in [2.05, 4.69) is 29.7 Å². The molecule has 1 atom stereocenters. The van der Waals surface area contributed by atoms with E-state index in [0.717, 1.165) is 6.42 Å². The maximum absolute atomic E-state index is 4.82. The Morgan fingerprint density at radius 1 is 1.60 bits per heavy atom. The molecule has 0 bridgehead atoms. The maximum Gasteiger partial charge on any atom is 0.0651 e. The fourth-order valence-electron chi connectivity index (χ4n) is 2.08. The molecule has 1 aliphatic rings. The highest BCUT2D eigenvalue weighted by molar-refractivity contribution is 7.75. The highest BCUT2D eigenvalue weighted by atomic mass is 32.1. The monoisotopic (exact) mass is 243 g/mol. The first-order valence-corrected chi connectivity index (χ1v) is 6.69. The van der Waals surface area contributed by atoms with Crippen molar-refractivity contribution in [3.8, 4) is 0 Å². The van der Waals surface area contributed by atoms with Crippen LogP contribution >= 0.6 is 24.2 Å². The zero-order chi connectivity index (χ0) is 10.5. The van der Waals surface area contributed by atoms with Crippen LogP contribution in [0.3, 0.4) is 0 Å². The van der Waals surface area contributed by atoms with Crippen molar-refractivity contribution < 1.29 is 4.18 Å². The molecule has 0 saturated carbocycles. The van der Waals surface area contributed by atoms with E-state index in [4.69, 9.17) is 4.18 Å². The largest absolute Gasteiger partial charge is 0.318 e. The summed E-state index contributed by atoms with van der Waals surface area (Å²) in [5, 5.41) is 5.72. The van der Waals surface area contributed by atoms with Crippen LogP contribution < -0.4 is 5.32 Å². The third-order valence-corrected chi connectivity index (χ3v) is 4.06. The topological polar surface area (TPSA) is 21.3 Å². The SMILES string of the molecule is SOCCc1ccsc1C[C@@H]1CCCN1. The molecule has 0 amide bonds. The molecule has 1 N–H and O–H groups in total. The number of rotatable bonds is 5. The quantitative estimate of drug-likeness (QED) is 0.612. The molecule has 0 unspecified atom stereocenters. The van der Waals surface area contributed by atoms with Crippen molar-refractivity contribution in [2.45, 2.75) is 31.7 Å². The van der Waals surface area contributed by atoms with Gasteiger partial charge in [-0.1, -0.05) is 0 Å². The molecule has 1 aromatic heterocycles. The Labute approximate surface area is 101 Å². The summed E-state index contributed by atoms with van der Waals surface area (Å²) in [5.41, 5.74) is 1.43. The second-order valence-electron chi connectivity index (χ2n) is 3.95. The summed E-state index contributed by atoms with van der Waals surface area (Å²) in [6, 6.07) is 2.90. The predicted octanol–water partition coefficient (Wildman–Crippen LogP) is 2.45. The number of nitrogens with one attached hydrogen (secondary N) is 1. The van der Waals surface area contributed by atoms with Crippen molar-refractivity contribution in [3.05, 3.63) is 21.9 Å². The molecule has 0 radical (unpaired) electrons. The van der Waals surface area contributed by atoms with Crippen molar-refractivity contribution in [1.29, 1.82) is 0 Å². The van der Waals surface area contributed by atoms with Crippen LogP contribution in [0.15, 0.2) is 11.4 Å². The zero-order valence-electron chi connectivity index (χ0n) is 8.74. The molecular weight excluding hydrogens is 226 g/mol. The van der Waals surface area contributed by atoms with Crippen LogP contribution in [0, 0.1) is 0 Å². The number of thiol groups is 1. The van der Waals surface area contributed by atoms with Crippen LogP contribution in [-0.4, -0.2) is 19.2 Å². The number of hydrogen-bond donors (Lipinski definition) is 2. The Morgan fingerprint density at radius 3 is 3.27 bits per heavy atom. The molecule has 2 rings (SSSR count). The number of hydrogen-bond acceptors (Lipinski definition) is 4. The Balaban J connectivity index is 1.91. The van der Waals surface area contributed by atoms with E-state index in [0.29, 0.717) is 12.6 Å². The summed E-state index contributed by atoms with van der Waals surface area (Å²) in [6.45, 7) is 1.88. The molecule has 2 nitrogen and oxygen atoms in total. The molecule has 0 spiro atoms. The summed E-state index contributed by atoms with van der Waals surface area (Å²) in [5.74, 6) is 0. The first-order chi connectivity index (χ1) is 7.40. The lowest BCUT2D eigenvalue weighted by Crippen LogP contribution is -2.23. The molecule has 2 heterocycles. The second-order valence-corrected chi connectivity index (χ2v) is 5.21. The van der Waals surface area contributed by atoms with Crippen molar-refractivity contribution in [1.82, 2.24) is 5.32 Å². The van der Waals surface area contributed by atoms with Crippen molar-refractivity contribution >= 4 is 24.2 Å². The second kappa shape index (κ2) is 5.89. The van der Waals surface area contributed by atoms with Gasteiger partial charge in [0.2, 0.25) is 0 Å². The predicted molar refractivity (Wildman–Crippen MR) is 67.7 cm³/mol. The van der Waals surface area contributed by atoms with E-state index < -0.39 is 0 Å². The van der Waals surface area contributed by atoms with Gasteiger partial charge in [-0.25, -0.2) is 0 Å². The van der Waals surface area contributed by atoms with Gasteiger partial charge >= 0.3 is 0 Å². The average molecular weight is 243 g/mol. The molecule has 0 aliphatic carbocycles. The van der Waals surface area contributed by atoms with Gasteiger partial charge in [-0.15, -0.1) is 11.3 Å². The molecule has 1 aliphatic heterocycles. The van der Waals surface area contributed by atoms with Crippen LogP contribution in [0.4, 0.5) is 0 Å². The zero-order valence-corrected chi connectivity index (χ0v) is 10.4. The smallest absolute Gasteiger partial charge is 0.0651 e.